The van der Waals surface area contributed by atoms with Gasteiger partial charge in [0, 0.05) is 18.7 Å². The number of nitrogens with zero attached hydrogens (tertiary/aromatic N) is 2. The van der Waals surface area contributed by atoms with Gasteiger partial charge >= 0.3 is 0 Å². The number of amides is 1. The maximum Gasteiger partial charge on any atom is 0.279 e. The van der Waals surface area contributed by atoms with Crippen LogP contribution in [0.2, 0.25) is 0 Å². The molecule has 2 aromatic carbocycles. The van der Waals surface area contributed by atoms with Gasteiger partial charge in [0.1, 0.15) is 21.7 Å². The summed E-state index contributed by atoms with van der Waals surface area (Å²) in [4.78, 5) is 18.0. The molecular weight excluding hydrogens is 464 g/mol. The second kappa shape index (κ2) is 10.5. The Kier molecular flexibility index (Phi) is 7.93. The Bertz CT molecular complexity index is 1310. The van der Waals surface area contributed by atoms with Gasteiger partial charge in [-0.05, 0) is 57.2 Å². The van der Waals surface area contributed by atoms with Crippen molar-refractivity contribution in [2.24, 2.45) is 4.99 Å². The molecule has 3 rings (SSSR count). The van der Waals surface area contributed by atoms with Crippen LogP contribution in [0.15, 0.2) is 46.3 Å². The van der Waals surface area contributed by atoms with Crippen LogP contribution in [0.25, 0.3) is 10.2 Å². The zero-order valence-corrected chi connectivity index (χ0v) is 21.0. The van der Waals surface area contributed by atoms with Gasteiger partial charge in [0.15, 0.2) is 14.6 Å². The van der Waals surface area contributed by atoms with Gasteiger partial charge in [-0.1, -0.05) is 11.3 Å². The minimum atomic E-state index is -3.42. The third-order valence-electron chi connectivity index (χ3n) is 5.10. The molecule has 0 bridgehead atoms. The number of benzene rings is 2. The van der Waals surface area contributed by atoms with Gasteiger partial charge in [-0.15, -0.1) is 0 Å². The van der Waals surface area contributed by atoms with E-state index in [1.807, 2.05) is 23.6 Å². The molecule has 0 aliphatic rings. The highest BCUT2D eigenvalue weighted by molar-refractivity contribution is 7.92. The molecule has 0 saturated carbocycles. The minimum Gasteiger partial charge on any atom is -0.495 e. The predicted octanol–water partition coefficient (Wildman–Crippen LogP) is 3.68. The molecule has 0 saturated heterocycles. The number of carbonyl (C=O) groups excluding carboxylic acids is 1. The average Bonchev–Trinajstić information content (AvgIpc) is 3.16. The molecule has 3 aromatic rings. The van der Waals surface area contributed by atoms with Crippen molar-refractivity contribution in [3.8, 4) is 11.5 Å². The van der Waals surface area contributed by atoms with Crippen LogP contribution in [-0.2, 0) is 21.1 Å². The molecule has 10 heteroatoms. The van der Waals surface area contributed by atoms with Crippen molar-refractivity contribution in [3.05, 3.63) is 46.8 Å². The van der Waals surface area contributed by atoms with Crippen LogP contribution in [0.5, 0.6) is 11.5 Å². The van der Waals surface area contributed by atoms with Crippen molar-refractivity contribution in [2.75, 3.05) is 27.4 Å². The summed E-state index contributed by atoms with van der Waals surface area (Å²) in [5.41, 5.74) is 1.07. The van der Waals surface area contributed by atoms with Crippen molar-refractivity contribution in [2.45, 2.75) is 37.5 Å². The number of aromatic nitrogens is 1. The Morgan fingerprint density at radius 3 is 2.27 bits per heavy atom. The average molecular weight is 493 g/mol. The molecule has 0 spiro atoms. The normalized spacial score (nSPS) is 12.5. The molecule has 33 heavy (non-hydrogen) atoms. The van der Waals surface area contributed by atoms with Crippen LogP contribution in [-0.4, -0.2) is 51.6 Å². The van der Waals surface area contributed by atoms with E-state index in [2.05, 4.69) is 4.99 Å². The lowest BCUT2D eigenvalue weighted by atomic mass is 10.2. The van der Waals surface area contributed by atoms with Crippen molar-refractivity contribution < 1.29 is 27.4 Å². The van der Waals surface area contributed by atoms with Crippen molar-refractivity contribution in [1.82, 2.24) is 4.57 Å². The summed E-state index contributed by atoms with van der Waals surface area (Å²) in [6.45, 7) is 6.63. The number of hydrogen-bond acceptors (Lipinski definition) is 7. The third kappa shape index (κ3) is 5.13. The summed E-state index contributed by atoms with van der Waals surface area (Å²) in [5, 5.41) is -0.545. The molecule has 8 nitrogen and oxygen atoms in total. The molecule has 178 valence electrons. The van der Waals surface area contributed by atoms with Crippen LogP contribution >= 0.6 is 11.3 Å². The maximum atomic E-state index is 13.0. The Morgan fingerprint density at radius 2 is 1.70 bits per heavy atom. The van der Waals surface area contributed by atoms with Crippen molar-refractivity contribution in [1.29, 1.82) is 0 Å². The first-order valence-corrected chi connectivity index (χ1v) is 12.9. The van der Waals surface area contributed by atoms with Crippen LogP contribution in [0.4, 0.5) is 0 Å². The fraction of sp³-hybridized carbons (Fsp3) is 0.391. The smallest absolute Gasteiger partial charge is 0.279 e. The van der Waals surface area contributed by atoms with Crippen LogP contribution in [0.3, 0.4) is 0 Å². The van der Waals surface area contributed by atoms with Gasteiger partial charge in [0.05, 0.1) is 31.0 Å². The maximum absolute atomic E-state index is 13.0. The van der Waals surface area contributed by atoms with E-state index in [0.29, 0.717) is 41.6 Å². The highest BCUT2D eigenvalue weighted by Gasteiger charge is 2.20. The summed E-state index contributed by atoms with van der Waals surface area (Å²) in [7, 11) is -0.249. The van der Waals surface area contributed by atoms with Gasteiger partial charge in [0.25, 0.3) is 5.91 Å². The first kappa shape index (κ1) is 24.9. The first-order valence-electron chi connectivity index (χ1n) is 10.5. The Labute approximate surface area is 197 Å². The van der Waals surface area contributed by atoms with E-state index in [1.165, 1.54) is 35.6 Å². The fourth-order valence-electron chi connectivity index (χ4n) is 3.26. The molecule has 0 aliphatic heterocycles. The lowest BCUT2D eigenvalue weighted by molar-refractivity contribution is 0.0996. The molecule has 0 aliphatic carbocycles. The number of fused-ring (bicyclic) bond motifs is 1. The van der Waals surface area contributed by atoms with Gasteiger partial charge in [0.2, 0.25) is 0 Å². The van der Waals surface area contributed by atoms with Crippen molar-refractivity contribution in [3.63, 3.8) is 0 Å². The molecule has 1 amide bonds. The van der Waals surface area contributed by atoms with E-state index in [1.54, 1.807) is 28.1 Å². The molecule has 0 N–H and O–H groups in total. The monoisotopic (exact) mass is 492 g/mol. The summed E-state index contributed by atoms with van der Waals surface area (Å²) >= 11 is 1.32. The second-order valence-corrected chi connectivity index (χ2v) is 10.9. The molecular formula is C23H28N2O6S2. The SMILES string of the molecule is CCOCCn1c(=NC(=O)c2ccc(S(=O)(=O)C(C)C)cc2)sc2c(OC)ccc(OC)c21. The van der Waals surface area contributed by atoms with E-state index in [-0.39, 0.29) is 4.90 Å². The summed E-state index contributed by atoms with van der Waals surface area (Å²) in [6.07, 6.45) is 0. The van der Waals surface area contributed by atoms with E-state index in [4.69, 9.17) is 14.2 Å². The topological polar surface area (TPSA) is 96.2 Å². The number of sulfone groups is 1. The van der Waals surface area contributed by atoms with Crippen LogP contribution in [0.1, 0.15) is 31.1 Å². The molecule has 0 unspecified atom stereocenters. The second-order valence-electron chi connectivity index (χ2n) is 7.42. The number of thiazole rings is 1. The van der Waals surface area contributed by atoms with Crippen LogP contribution in [0, 0.1) is 0 Å². The van der Waals surface area contributed by atoms with Crippen molar-refractivity contribution >= 4 is 37.3 Å². The largest absolute Gasteiger partial charge is 0.495 e. The zero-order valence-electron chi connectivity index (χ0n) is 19.3. The lowest BCUT2D eigenvalue weighted by Crippen LogP contribution is -2.20. The summed E-state index contributed by atoms with van der Waals surface area (Å²) < 4.78 is 44.0. The quantitative estimate of drug-likeness (QED) is 0.423. The Hall–Kier alpha value is -2.69. The summed E-state index contributed by atoms with van der Waals surface area (Å²) in [5.74, 6) is 0.812. The highest BCUT2D eigenvalue weighted by atomic mass is 32.2. The predicted molar refractivity (Wildman–Crippen MR) is 128 cm³/mol. The number of rotatable bonds is 9. The minimum absolute atomic E-state index is 0.178. The van der Waals surface area contributed by atoms with E-state index in [0.717, 1.165) is 10.2 Å². The molecule has 0 radical (unpaired) electrons. The molecule has 1 heterocycles. The summed E-state index contributed by atoms with van der Waals surface area (Å²) in [6, 6.07) is 9.48. The number of methoxy groups -OCH3 is 2. The van der Waals surface area contributed by atoms with E-state index in [9.17, 15) is 13.2 Å². The molecule has 1 aromatic heterocycles. The van der Waals surface area contributed by atoms with Gasteiger partial charge in [-0.2, -0.15) is 4.99 Å². The van der Waals surface area contributed by atoms with Gasteiger partial charge < -0.3 is 18.8 Å². The Balaban J connectivity index is 2.10. The number of carbonyl (C=O) groups is 1. The number of ether oxygens (including phenoxy) is 3. The van der Waals surface area contributed by atoms with Gasteiger partial charge in [-0.3, -0.25) is 4.79 Å². The van der Waals surface area contributed by atoms with E-state index < -0.39 is 21.0 Å². The lowest BCUT2D eigenvalue weighted by Gasteiger charge is -2.10. The molecule has 0 atom stereocenters. The highest BCUT2D eigenvalue weighted by Crippen LogP contribution is 2.35. The standard InChI is InChI=1S/C23H28N2O6S2/c1-6-31-14-13-25-20-18(29-4)11-12-19(30-5)21(20)32-23(25)24-22(26)16-7-9-17(10-8-16)33(27,28)15(2)3/h7-12,15H,6,13-14H2,1-5H3. The van der Waals surface area contributed by atoms with Crippen LogP contribution < -0.4 is 14.3 Å². The third-order valence-corrected chi connectivity index (χ3v) is 8.37. The number of hydrogen-bond donors (Lipinski definition) is 0. The fourth-order valence-corrected chi connectivity index (χ4v) is 5.48. The first-order chi connectivity index (χ1) is 15.7. The molecule has 0 fully saturated rings. The zero-order chi connectivity index (χ0) is 24.2. The van der Waals surface area contributed by atoms with Gasteiger partial charge in [-0.25, -0.2) is 8.42 Å². The van der Waals surface area contributed by atoms with E-state index >= 15 is 0 Å². The Morgan fingerprint density at radius 1 is 1.06 bits per heavy atom.